The molecular weight excluding hydrogens is 252 g/mol. The fourth-order valence-electron chi connectivity index (χ4n) is 3.81. The maximum atomic E-state index is 9.38. The van der Waals surface area contributed by atoms with Gasteiger partial charge in [-0.1, -0.05) is 26.2 Å². The molecule has 1 saturated heterocycles. The van der Waals surface area contributed by atoms with Gasteiger partial charge in [0.1, 0.15) is 0 Å². The van der Waals surface area contributed by atoms with E-state index in [2.05, 4.69) is 17.1 Å². The van der Waals surface area contributed by atoms with Crippen LogP contribution in [0.25, 0.3) is 0 Å². The number of aliphatic hydroxyl groups is 1. The van der Waals surface area contributed by atoms with Crippen LogP contribution in [0.2, 0.25) is 0 Å². The molecule has 2 fully saturated rings. The van der Waals surface area contributed by atoms with Crippen molar-refractivity contribution < 1.29 is 9.84 Å². The van der Waals surface area contributed by atoms with Crippen molar-refractivity contribution in [2.75, 3.05) is 39.5 Å². The standard InChI is InChI=1S/C16H32N2O2/c1-2-17-16-8-11-20-13-14(16)12-18(9-10-19)15-6-4-3-5-7-15/h14-17,19H,2-13H2,1H3. The lowest BCUT2D eigenvalue weighted by Gasteiger charge is -2.40. The third kappa shape index (κ3) is 4.69. The molecule has 2 unspecified atom stereocenters. The summed E-state index contributed by atoms with van der Waals surface area (Å²) in [6.45, 7) is 7.13. The lowest BCUT2D eigenvalue weighted by atomic mass is 9.91. The third-order valence-corrected chi connectivity index (χ3v) is 4.89. The maximum Gasteiger partial charge on any atom is 0.0558 e. The van der Waals surface area contributed by atoms with Crippen LogP contribution in [0.3, 0.4) is 0 Å². The molecule has 4 heteroatoms. The van der Waals surface area contributed by atoms with Crippen LogP contribution < -0.4 is 5.32 Å². The highest BCUT2D eigenvalue weighted by Gasteiger charge is 2.29. The summed E-state index contributed by atoms with van der Waals surface area (Å²) in [5.74, 6) is 0.567. The van der Waals surface area contributed by atoms with E-state index in [-0.39, 0.29) is 6.61 Å². The summed E-state index contributed by atoms with van der Waals surface area (Å²) in [5, 5.41) is 13.0. The molecule has 0 aromatic rings. The minimum atomic E-state index is 0.274. The zero-order chi connectivity index (χ0) is 14.2. The molecule has 1 aliphatic heterocycles. The largest absolute Gasteiger partial charge is 0.395 e. The summed E-state index contributed by atoms with van der Waals surface area (Å²) in [4.78, 5) is 2.53. The molecule has 0 spiro atoms. The monoisotopic (exact) mass is 284 g/mol. The minimum absolute atomic E-state index is 0.274. The van der Waals surface area contributed by atoms with E-state index in [4.69, 9.17) is 4.74 Å². The van der Waals surface area contributed by atoms with Crippen LogP contribution in [0.1, 0.15) is 45.4 Å². The Kier molecular flexibility index (Phi) is 7.28. The van der Waals surface area contributed by atoms with E-state index in [9.17, 15) is 5.11 Å². The van der Waals surface area contributed by atoms with E-state index in [1.807, 2.05) is 0 Å². The molecule has 0 aromatic carbocycles. The van der Waals surface area contributed by atoms with Crippen molar-refractivity contribution in [1.82, 2.24) is 10.2 Å². The highest BCUT2D eigenvalue weighted by atomic mass is 16.5. The molecule has 2 atom stereocenters. The molecule has 0 amide bonds. The van der Waals surface area contributed by atoms with E-state index < -0.39 is 0 Å². The Bertz CT molecular complexity index is 255. The molecular formula is C16H32N2O2. The SMILES string of the molecule is CCNC1CCOCC1CN(CCO)C1CCCCC1. The Hall–Kier alpha value is -0.160. The smallest absolute Gasteiger partial charge is 0.0558 e. The fourth-order valence-corrected chi connectivity index (χ4v) is 3.81. The lowest BCUT2D eigenvalue weighted by molar-refractivity contribution is 0.00376. The third-order valence-electron chi connectivity index (χ3n) is 4.89. The topological polar surface area (TPSA) is 44.7 Å². The molecule has 1 aliphatic carbocycles. The van der Waals surface area contributed by atoms with Gasteiger partial charge in [0.05, 0.1) is 13.2 Å². The summed E-state index contributed by atoms with van der Waals surface area (Å²) in [5.41, 5.74) is 0. The van der Waals surface area contributed by atoms with E-state index in [0.29, 0.717) is 18.0 Å². The Morgan fingerprint density at radius 1 is 1.20 bits per heavy atom. The van der Waals surface area contributed by atoms with Crippen LogP contribution in [0, 0.1) is 5.92 Å². The highest BCUT2D eigenvalue weighted by Crippen LogP contribution is 2.25. The fraction of sp³-hybridized carbons (Fsp3) is 1.00. The first-order valence-corrected chi connectivity index (χ1v) is 8.51. The van der Waals surface area contributed by atoms with E-state index >= 15 is 0 Å². The van der Waals surface area contributed by atoms with Gasteiger partial charge in [-0.25, -0.2) is 0 Å². The average Bonchev–Trinajstić information content (AvgIpc) is 2.50. The quantitative estimate of drug-likeness (QED) is 0.746. The van der Waals surface area contributed by atoms with Gasteiger partial charge in [-0.2, -0.15) is 0 Å². The van der Waals surface area contributed by atoms with Gasteiger partial charge in [0.25, 0.3) is 0 Å². The predicted octanol–water partition coefficient (Wildman–Crippen LogP) is 1.63. The Morgan fingerprint density at radius 3 is 2.70 bits per heavy atom. The number of aliphatic hydroxyl groups excluding tert-OH is 1. The second kappa shape index (κ2) is 8.98. The highest BCUT2D eigenvalue weighted by molar-refractivity contribution is 4.85. The van der Waals surface area contributed by atoms with Crippen LogP contribution in [-0.2, 0) is 4.74 Å². The van der Waals surface area contributed by atoms with E-state index in [1.165, 1.54) is 32.1 Å². The Morgan fingerprint density at radius 2 is 2.00 bits per heavy atom. The molecule has 0 radical (unpaired) electrons. The van der Waals surface area contributed by atoms with E-state index in [1.54, 1.807) is 0 Å². The molecule has 2 N–H and O–H groups in total. The molecule has 20 heavy (non-hydrogen) atoms. The van der Waals surface area contributed by atoms with Crippen molar-refractivity contribution in [3.63, 3.8) is 0 Å². The number of hydrogen-bond acceptors (Lipinski definition) is 4. The molecule has 4 nitrogen and oxygen atoms in total. The van der Waals surface area contributed by atoms with Crippen molar-refractivity contribution >= 4 is 0 Å². The zero-order valence-corrected chi connectivity index (χ0v) is 13.0. The van der Waals surface area contributed by atoms with Crippen molar-refractivity contribution in [1.29, 1.82) is 0 Å². The zero-order valence-electron chi connectivity index (χ0n) is 13.0. The van der Waals surface area contributed by atoms with Crippen molar-refractivity contribution in [3.8, 4) is 0 Å². The first-order valence-electron chi connectivity index (χ1n) is 8.51. The second-order valence-corrected chi connectivity index (χ2v) is 6.30. The molecule has 1 heterocycles. The summed E-state index contributed by atoms with van der Waals surface area (Å²) in [7, 11) is 0. The van der Waals surface area contributed by atoms with Gasteiger partial charge in [0, 0.05) is 37.7 Å². The van der Waals surface area contributed by atoms with Gasteiger partial charge in [-0.05, 0) is 25.8 Å². The van der Waals surface area contributed by atoms with Gasteiger partial charge in [-0.3, -0.25) is 4.90 Å². The summed E-state index contributed by atoms with van der Waals surface area (Å²) >= 11 is 0. The lowest BCUT2D eigenvalue weighted by Crippen LogP contribution is -2.50. The van der Waals surface area contributed by atoms with Crippen molar-refractivity contribution in [2.45, 2.75) is 57.5 Å². The molecule has 1 saturated carbocycles. The van der Waals surface area contributed by atoms with Gasteiger partial charge in [0.15, 0.2) is 0 Å². The first kappa shape index (κ1) is 16.2. The van der Waals surface area contributed by atoms with Crippen molar-refractivity contribution in [2.24, 2.45) is 5.92 Å². The van der Waals surface area contributed by atoms with Crippen LogP contribution in [-0.4, -0.2) is 61.5 Å². The van der Waals surface area contributed by atoms with Gasteiger partial charge >= 0.3 is 0 Å². The van der Waals surface area contributed by atoms with Crippen LogP contribution >= 0.6 is 0 Å². The second-order valence-electron chi connectivity index (χ2n) is 6.30. The van der Waals surface area contributed by atoms with Crippen LogP contribution in [0.4, 0.5) is 0 Å². The van der Waals surface area contributed by atoms with Crippen molar-refractivity contribution in [3.05, 3.63) is 0 Å². The number of nitrogens with zero attached hydrogens (tertiary/aromatic N) is 1. The summed E-state index contributed by atoms with van der Waals surface area (Å²) in [6, 6.07) is 1.26. The number of hydrogen-bond donors (Lipinski definition) is 2. The summed E-state index contributed by atoms with van der Waals surface area (Å²) in [6.07, 6.45) is 7.82. The molecule has 118 valence electrons. The van der Waals surface area contributed by atoms with E-state index in [0.717, 1.165) is 39.3 Å². The Labute approximate surface area is 123 Å². The predicted molar refractivity (Wildman–Crippen MR) is 81.9 cm³/mol. The number of ether oxygens (including phenoxy) is 1. The minimum Gasteiger partial charge on any atom is -0.395 e. The molecule has 2 rings (SSSR count). The average molecular weight is 284 g/mol. The van der Waals surface area contributed by atoms with Crippen LogP contribution in [0.5, 0.6) is 0 Å². The normalized spacial score (nSPS) is 28.9. The first-order chi connectivity index (χ1) is 9.85. The van der Waals surface area contributed by atoms with Gasteiger partial charge in [0.2, 0.25) is 0 Å². The number of nitrogens with one attached hydrogen (secondary N) is 1. The van der Waals surface area contributed by atoms with Gasteiger partial charge < -0.3 is 15.2 Å². The van der Waals surface area contributed by atoms with Gasteiger partial charge in [-0.15, -0.1) is 0 Å². The Balaban J connectivity index is 1.90. The molecule has 2 aliphatic rings. The maximum absolute atomic E-state index is 9.38. The molecule has 0 bridgehead atoms. The molecule has 0 aromatic heterocycles. The van der Waals surface area contributed by atoms with Crippen LogP contribution in [0.15, 0.2) is 0 Å². The summed E-state index contributed by atoms with van der Waals surface area (Å²) < 4.78 is 5.70. The number of rotatable bonds is 7.